The summed E-state index contributed by atoms with van der Waals surface area (Å²) in [5, 5.41) is 0. The van der Waals surface area contributed by atoms with Gasteiger partial charge in [-0.1, -0.05) is 63.1 Å². The predicted octanol–water partition coefficient (Wildman–Crippen LogP) is 13.3. The van der Waals surface area contributed by atoms with Crippen molar-refractivity contribution in [2.45, 2.75) is 157 Å². The van der Waals surface area contributed by atoms with Crippen molar-refractivity contribution in [3.63, 3.8) is 0 Å². The van der Waals surface area contributed by atoms with Gasteiger partial charge in [-0.15, -0.1) is 0 Å². The van der Waals surface area contributed by atoms with Crippen LogP contribution in [0.15, 0.2) is 47.6 Å². The first-order chi connectivity index (χ1) is 22.0. The van der Waals surface area contributed by atoms with E-state index in [1.165, 1.54) is 84.8 Å². The topological polar surface area (TPSA) is 18.5 Å². The Morgan fingerprint density at radius 2 is 1.04 bits per heavy atom. The molecule has 0 saturated heterocycles. The Morgan fingerprint density at radius 3 is 1.41 bits per heavy atom. The van der Waals surface area contributed by atoms with Crippen molar-refractivity contribution in [1.29, 1.82) is 0 Å². The molecule has 254 valence electrons. The number of rotatable bonds is 15. The van der Waals surface area contributed by atoms with Crippen LogP contribution in [0.2, 0.25) is 0 Å². The van der Waals surface area contributed by atoms with Crippen molar-refractivity contribution in [3.8, 4) is 11.5 Å². The fourth-order valence-corrected chi connectivity index (χ4v) is 8.37. The molecule has 0 unspecified atom stereocenters. The van der Waals surface area contributed by atoms with Gasteiger partial charge >= 0.3 is 0 Å². The van der Waals surface area contributed by atoms with Gasteiger partial charge in [-0.05, 0) is 176 Å². The van der Waals surface area contributed by atoms with Crippen molar-refractivity contribution in [3.05, 3.63) is 80.9 Å². The van der Waals surface area contributed by atoms with Crippen molar-refractivity contribution >= 4 is 0 Å². The van der Waals surface area contributed by atoms with E-state index in [2.05, 4.69) is 106 Å². The van der Waals surface area contributed by atoms with Gasteiger partial charge in [-0.25, -0.2) is 0 Å². The van der Waals surface area contributed by atoms with Gasteiger partial charge in [0, 0.05) is 11.1 Å². The van der Waals surface area contributed by atoms with Crippen molar-refractivity contribution in [1.82, 2.24) is 0 Å². The number of ether oxygens (including phenoxy) is 2. The standard InChI is InChI=1S/C44H66O2/c1-29(2)15-13-17-33(7)37-21-19-35(9)43-39(37)25-31(5)27-41(43)45-23-11-12-24-46-42-28-32(6)26-40-38(22-20-36(10)44(40)42)34(8)18-14-16-30(3)4/h15-16,25-28,33-38H,11-14,17-24H2,1-10H3/t33-,34-,35+,36+,37-,38-/m0/s1. The normalized spacial score (nSPS) is 21.9. The summed E-state index contributed by atoms with van der Waals surface area (Å²) >= 11 is 0. The maximum atomic E-state index is 6.59. The van der Waals surface area contributed by atoms with Gasteiger partial charge in [0.05, 0.1) is 13.2 Å². The average Bonchev–Trinajstić information content (AvgIpc) is 2.98. The van der Waals surface area contributed by atoms with E-state index in [9.17, 15) is 0 Å². The highest BCUT2D eigenvalue weighted by atomic mass is 16.5. The summed E-state index contributed by atoms with van der Waals surface area (Å²) in [6.45, 7) is 24.5. The molecule has 0 amide bonds. The number of allylic oxidation sites excluding steroid dienone is 4. The number of unbranched alkanes of at least 4 members (excludes halogenated alkanes) is 1. The van der Waals surface area contributed by atoms with Crippen LogP contribution < -0.4 is 9.47 Å². The molecule has 0 radical (unpaired) electrons. The van der Waals surface area contributed by atoms with E-state index < -0.39 is 0 Å². The molecule has 6 atom stereocenters. The molecule has 0 aromatic heterocycles. The van der Waals surface area contributed by atoms with Crippen LogP contribution in [0.5, 0.6) is 11.5 Å². The monoisotopic (exact) mass is 627 g/mol. The maximum Gasteiger partial charge on any atom is 0.123 e. The van der Waals surface area contributed by atoms with Crippen LogP contribution in [0.25, 0.3) is 0 Å². The zero-order valence-electron chi connectivity index (χ0n) is 31.2. The molecule has 0 fully saturated rings. The highest BCUT2D eigenvalue weighted by molar-refractivity contribution is 5.50. The molecular weight excluding hydrogens is 560 g/mol. The molecule has 4 rings (SSSR count). The summed E-state index contributed by atoms with van der Waals surface area (Å²) in [5.41, 5.74) is 11.6. The zero-order chi connectivity index (χ0) is 33.4. The fourth-order valence-electron chi connectivity index (χ4n) is 8.37. The first kappa shape index (κ1) is 36.4. The Kier molecular flexibility index (Phi) is 13.5. The minimum absolute atomic E-state index is 0.559. The lowest BCUT2D eigenvalue weighted by molar-refractivity contribution is 0.258. The molecular formula is C44H66O2. The van der Waals surface area contributed by atoms with Crippen LogP contribution in [0.4, 0.5) is 0 Å². The second-order valence-corrected chi connectivity index (χ2v) is 15.8. The lowest BCUT2D eigenvalue weighted by Crippen LogP contribution is -2.20. The molecule has 0 saturated carbocycles. The first-order valence-electron chi connectivity index (χ1n) is 18.8. The number of hydrogen-bond donors (Lipinski definition) is 0. The van der Waals surface area contributed by atoms with Crippen LogP contribution in [0, 0.1) is 25.7 Å². The van der Waals surface area contributed by atoms with Gasteiger partial charge in [0.2, 0.25) is 0 Å². The highest BCUT2D eigenvalue weighted by Crippen LogP contribution is 2.49. The predicted molar refractivity (Wildman–Crippen MR) is 199 cm³/mol. The third-order valence-electron chi connectivity index (χ3n) is 11.0. The lowest BCUT2D eigenvalue weighted by Gasteiger charge is -2.35. The van der Waals surface area contributed by atoms with Crippen LogP contribution in [-0.4, -0.2) is 13.2 Å². The SMILES string of the molecule is CC(C)=CCC[C@H](C)[C@@H]1CC[C@@H](C)c2c(OCCCCOc3cc(C)cc4c3[C@H](C)CC[C@H]4[C@@H](C)CCC=C(C)C)cc(C)cc21. The van der Waals surface area contributed by atoms with Crippen LogP contribution in [-0.2, 0) is 0 Å². The van der Waals surface area contributed by atoms with E-state index >= 15 is 0 Å². The summed E-state index contributed by atoms with van der Waals surface area (Å²) in [5.74, 6) is 6.03. The van der Waals surface area contributed by atoms with Gasteiger partial charge in [-0.3, -0.25) is 0 Å². The first-order valence-corrected chi connectivity index (χ1v) is 18.8. The summed E-state index contributed by atoms with van der Waals surface area (Å²) in [4.78, 5) is 0. The van der Waals surface area contributed by atoms with Gasteiger partial charge in [0.15, 0.2) is 0 Å². The lowest BCUT2D eigenvalue weighted by atomic mass is 9.71. The molecule has 0 aliphatic heterocycles. The number of hydrogen-bond acceptors (Lipinski definition) is 2. The van der Waals surface area contributed by atoms with E-state index in [1.54, 1.807) is 11.1 Å². The largest absolute Gasteiger partial charge is 0.493 e. The third kappa shape index (κ3) is 9.54. The summed E-state index contributed by atoms with van der Waals surface area (Å²) < 4.78 is 13.2. The second kappa shape index (κ2) is 17.1. The fraction of sp³-hybridized carbons (Fsp3) is 0.636. The Labute approximate surface area is 283 Å². The van der Waals surface area contributed by atoms with Gasteiger partial charge < -0.3 is 9.47 Å². The Bertz CT molecular complexity index is 1230. The molecule has 2 nitrogen and oxygen atoms in total. The summed E-state index contributed by atoms with van der Waals surface area (Å²) in [6.07, 6.45) is 16.8. The molecule has 0 spiro atoms. The number of benzene rings is 2. The van der Waals surface area contributed by atoms with E-state index in [0.29, 0.717) is 35.5 Å². The molecule has 0 bridgehead atoms. The van der Waals surface area contributed by atoms with Crippen LogP contribution >= 0.6 is 0 Å². The highest BCUT2D eigenvalue weighted by Gasteiger charge is 2.32. The van der Waals surface area contributed by atoms with E-state index in [-0.39, 0.29) is 0 Å². The maximum absolute atomic E-state index is 6.59. The van der Waals surface area contributed by atoms with Gasteiger partial charge in [-0.2, -0.15) is 0 Å². The molecule has 46 heavy (non-hydrogen) atoms. The summed E-state index contributed by atoms with van der Waals surface area (Å²) in [6, 6.07) is 9.51. The number of fused-ring (bicyclic) bond motifs is 2. The van der Waals surface area contributed by atoms with E-state index in [0.717, 1.165) is 37.6 Å². The Hall–Kier alpha value is -2.48. The average molecular weight is 627 g/mol. The molecule has 2 aromatic rings. The minimum atomic E-state index is 0.559. The smallest absolute Gasteiger partial charge is 0.123 e. The van der Waals surface area contributed by atoms with Gasteiger partial charge in [0.1, 0.15) is 11.5 Å². The molecule has 2 aromatic carbocycles. The van der Waals surface area contributed by atoms with Crippen LogP contribution in [0.3, 0.4) is 0 Å². The number of aryl methyl sites for hydroxylation is 2. The third-order valence-corrected chi connectivity index (χ3v) is 11.0. The van der Waals surface area contributed by atoms with E-state index in [1.807, 2.05) is 0 Å². The van der Waals surface area contributed by atoms with Crippen molar-refractivity contribution in [2.75, 3.05) is 13.2 Å². The van der Waals surface area contributed by atoms with Crippen molar-refractivity contribution in [2.24, 2.45) is 11.8 Å². The summed E-state index contributed by atoms with van der Waals surface area (Å²) in [7, 11) is 0. The van der Waals surface area contributed by atoms with Crippen LogP contribution in [0.1, 0.15) is 177 Å². The van der Waals surface area contributed by atoms with Crippen molar-refractivity contribution < 1.29 is 9.47 Å². The molecule has 0 N–H and O–H groups in total. The molecule has 2 aliphatic rings. The zero-order valence-corrected chi connectivity index (χ0v) is 31.2. The Balaban J connectivity index is 1.36. The second-order valence-electron chi connectivity index (χ2n) is 15.8. The van der Waals surface area contributed by atoms with Gasteiger partial charge in [0.25, 0.3) is 0 Å². The minimum Gasteiger partial charge on any atom is -0.493 e. The van der Waals surface area contributed by atoms with E-state index in [4.69, 9.17) is 9.47 Å². The molecule has 2 heteroatoms. The Morgan fingerprint density at radius 1 is 0.652 bits per heavy atom. The molecule has 2 aliphatic carbocycles. The quantitative estimate of drug-likeness (QED) is 0.145. The molecule has 0 heterocycles.